The molecule has 2 aromatic heterocycles. The van der Waals surface area contributed by atoms with E-state index in [-0.39, 0.29) is 11.8 Å². The topological polar surface area (TPSA) is 85.0 Å². The maximum atomic E-state index is 12.7. The van der Waals surface area contributed by atoms with Gasteiger partial charge in [-0.3, -0.25) is 14.3 Å². The number of likely N-dealkylation sites (tertiary alicyclic amines) is 1. The molecule has 0 bridgehead atoms. The lowest BCUT2D eigenvalue weighted by Gasteiger charge is -2.31. The van der Waals surface area contributed by atoms with Crippen molar-refractivity contribution in [1.29, 1.82) is 0 Å². The molecule has 3 heterocycles. The molecule has 8 heteroatoms. The van der Waals surface area contributed by atoms with E-state index in [9.17, 15) is 9.59 Å². The standard InChI is InChI=1S/C23H30N6O2/c1-3-29-16-18(15-24-29)25-22(30)14-17-10-12-28(13-11-17)23(31)9-8-21-26-19-6-4-5-7-20(19)27(21)2/h4-7,15-17H,3,8-14H2,1-2H3,(H,25,30). The fraction of sp³-hybridized carbons (Fsp3) is 0.478. The molecule has 0 spiro atoms. The minimum Gasteiger partial charge on any atom is -0.343 e. The van der Waals surface area contributed by atoms with Crippen LogP contribution < -0.4 is 5.32 Å². The van der Waals surface area contributed by atoms with Crippen LogP contribution in [-0.4, -0.2) is 49.1 Å². The molecule has 1 aromatic carbocycles. The highest BCUT2D eigenvalue weighted by atomic mass is 16.2. The van der Waals surface area contributed by atoms with Gasteiger partial charge in [0, 0.05) is 52.1 Å². The van der Waals surface area contributed by atoms with Gasteiger partial charge >= 0.3 is 0 Å². The van der Waals surface area contributed by atoms with E-state index in [1.807, 2.05) is 49.3 Å². The van der Waals surface area contributed by atoms with Gasteiger partial charge in [-0.1, -0.05) is 12.1 Å². The molecule has 0 aliphatic carbocycles. The van der Waals surface area contributed by atoms with Crippen LogP contribution in [0.15, 0.2) is 36.7 Å². The number of nitrogens with one attached hydrogen (secondary N) is 1. The second kappa shape index (κ2) is 9.32. The largest absolute Gasteiger partial charge is 0.343 e. The van der Waals surface area contributed by atoms with Gasteiger partial charge in [-0.25, -0.2) is 4.98 Å². The number of piperidine rings is 1. The third kappa shape index (κ3) is 4.95. The third-order valence-corrected chi connectivity index (χ3v) is 6.12. The van der Waals surface area contributed by atoms with Gasteiger partial charge in [-0.2, -0.15) is 5.10 Å². The van der Waals surface area contributed by atoms with Gasteiger partial charge in [-0.05, 0) is 37.8 Å². The van der Waals surface area contributed by atoms with E-state index in [0.29, 0.717) is 38.3 Å². The van der Waals surface area contributed by atoms with Crippen LogP contribution in [0.25, 0.3) is 11.0 Å². The number of aromatic nitrogens is 4. The minimum atomic E-state index is 0.0160. The molecule has 2 amide bonds. The van der Waals surface area contributed by atoms with Crippen LogP contribution in [0.4, 0.5) is 5.69 Å². The maximum absolute atomic E-state index is 12.7. The minimum absolute atomic E-state index is 0.0160. The summed E-state index contributed by atoms with van der Waals surface area (Å²) in [5.74, 6) is 1.43. The van der Waals surface area contributed by atoms with Gasteiger partial charge in [0.2, 0.25) is 11.8 Å². The molecule has 8 nitrogen and oxygen atoms in total. The Bertz CT molecular complexity index is 1060. The molecule has 0 radical (unpaired) electrons. The van der Waals surface area contributed by atoms with Crippen LogP contribution in [0.3, 0.4) is 0 Å². The first-order valence-corrected chi connectivity index (χ1v) is 11.0. The van der Waals surface area contributed by atoms with Crippen molar-refractivity contribution < 1.29 is 9.59 Å². The van der Waals surface area contributed by atoms with Gasteiger partial charge in [0.15, 0.2) is 0 Å². The summed E-state index contributed by atoms with van der Waals surface area (Å²) < 4.78 is 3.85. The Hall–Kier alpha value is -3.16. The van der Waals surface area contributed by atoms with Crippen molar-refractivity contribution in [3.8, 4) is 0 Å². The average molecular weight is 423 g/mol. The van der Waals surface area contributed by atoms with E-state index in [2.05, 4.69) is 20.0 Å². The number of para-hydroxylation sites is 2. The van der Waals surface area contributed by atoms with E-state index in [1.165, 1.54) is 0 Å². The normalized spacial score (nSPS) is 14.8. The smallest absolute Gasteiger partial charge is 0.224 e. The van der Waals surface area contributed by atoms with Crippen molar-refractivity contribution >= 4 is 28.5 Å². The molecular formula is C23H30N6O2. The van der Waals surface area contributed by atoms with Crippen molar-refractivity contribution in [2.24, 2.45) is 13.0 Å². The molecule has 31 heavy (non-hydrogen) atoms. The van der Waals surface area contributed by atoms with Gasteiger partial charge in [0.05, 0.1) is 22.9 Å². The highest BCUT2D eigenvalue weighted by Crippen LogP contribution is 2.22. The number of amides is 2. The number of imidazole rings is 1. The first-order valence-electron chi connectivity index (χ1n) is 11.0. The summed E-state index contributed by atoms with van der Waals surface area (Å²) in [6.45, 7) is 4.21. The molecule has 4 rings (SSSR count). The Balaban J connectivity index is 1.22. The molecule has 1 N–H and O–H groups in total. The van der Waals surface area contributed by atoms with Gasteiger partial charge in [0.25, 0.3) is 0 Å². The lowest BCUT2D eigenvalue weighted by Crippen LogP contribution is -2.39. The predicted molar refractivity (Wildman–Crippen MR) is 119 cm³/mol. The summed E-state index contributed by atoms with van der Waals surface area (Å²) in [7, 11) is 2.00. The zero-order valence-electron chi connectivity index (χ0n) is 18.3. The lowest BCUT2D eigenvalue weighted by molar-refractivity contribution is -0.132. The first kappa shape index (κ1) is 21.1. The van der Waals surface area contributed by atoms with E-state index >= 15 is 0 Å². The maximum Gasteiger partial charge on any atom is 0.224 e. The molecule has 1 aliphatic rings. The quantitative estimate of drug-likeness (QED) is 0.634. The average Bonchev–Trinajstić information content (AvgIpc) is 3.36. The van der Waals surface area contributed by atoms with Crippen molar-refractivity contribution in [1.82, 2.24) is 24.2 Å². The number of fused-ring (bicyclic) bond motifs is 1. The Kier molecular flexibility index (Phi) is 6.34. The van der Waals surface area contributed by atoms with Crippen LogP contribution in [0.2, 0.25) is 0 Å². The molecule has 0 atom stereocenters. The zero-order valence-corrected chi connectivity index (χ0v) is 18.3. The van der Waals surface area contributed by atoms with Crippen molar-refractivity contribution in [2.45, 2.75) is 45.6 Å². The molecule has 1 fully saturated rings. The molecular weight excluding hydrogens is 392 g/mol. The number of hydrogen-bond donors (Lipinski definition) is 1. The lowest BCUT2D eigenvalue weighted by atomic mass is 9.93. The molecule has 0 unspecified atom stereocenters. The van der Waals surface area contributed by atoms with Crippen LogP contribution in [-0.2, 0) is 29.6 Å². The zero-order chi connectivity index (χ0) is 21.8. The van der Waals surface area contributed by atoms with Crippen molar-refractivity contribution in [3.63, 3.8) is 0 Å². The summed E-state index contributed by atoms with van der Waals surface area (Å²) in [6, 6.07) is 8.02. The van der Waals surface area contributed by atoms with E-state index in [0.717, 1.165) is 41.9 Å². The van der Waals surface area contributed by atoms with Crippen LogP contribution in [0, 0.1) is 5.92 Å². The molecule has 164 valence electrons. The summed E-state index contributed by atoms with van der Waals surface area (Å²) in [5.41, 5.74) is 2.79. The van der Waals surface area contributed by atoms with Crippen LogP contribution >= 0.6 is 0 Å². The number of aryl methyl sites for hydroxylation is 3. The summed E-state index contributed by atoms with van der Waals surface area (Å²) in [4.78, 5) is 31.6. The number of nitrogens with zero attached hydrogens (tertiary/aromatic N) is 5. The Labute approximate surface area is 182 Å². The van der Waals surface area contributed by atoms with Crippen molar-refractivity contribution in [3.05, 3.63) is 42.5 Å². The number of benzene rings is 1. The van der Waals surface area contributed by atoms with Crippen LogP contribution in [0.5, 0.6) is 0 Å². The summed E-state index contributed by atoms with van der Waals surface area (Å²) >= 11 is 0. The highest BCUT2D eigenvalue weighted by molar-refractivity contribution is 5.90. The second-order valence-electron chi connectivity index (χ2n) is 8.24. The SMILES string of the molecule is CCn1cc(NC(=O)CC2CCN(C(=O)CCc3nc4ccccc4n3C)CC2)cn1. The van der Waals surface area contributed by atoms with Gasteiger partial charge in [0.1, 0.15) is 5.82 Å². The molecule has 1 aliphatic heterocycles. The summed E-state index contributed by atoms with van der Waals surface area (Å²) in [5, 5.41) is 7.09. The van der Waals surface area contributed by atoms with Crippen molar-refractivity contribution in [2.75, 3.05) is 18.4 Å². The van der Waals surface area contributed by atoms with Gasteiger partial charge in [-0.15, -0.1) is 0 Å². The van der Waals surface area contributed by atoms with Gasteiger partial charge < -0.3 is 14.8 Å². The molecule has 1 saturated heterocycles. The fourth-order valence-electron chi connectivity index (χ4n) is 4.26. The Morgan fingerprint density at radius 1 is 1.19 bits per heavy atom. The Morgan fingerprint density at radius 2 is 1.97 bits per heavy atom. The first-order chi connectivity index (χ1) is 15.0. The highest BCUT2D eigenvalue weighted by Gasteiger charge is 2.24. The second-order valence-corrected chi connectivity index (χ2v) is 8.24. The summed E-state index contributed by atoms with van der Waals surface area (Å²) in [6.07, 6.45) is 6.82. The van der Waals surface area contributed by atoms with E-state index in [4.69, 9.17) is 0 Å². The fourth-order valence-corrected chi connectivity index (χ4v) is 4.26. The number of rotatable bonds is 7. The van der Waals surface area contributed by atoms with E-state index < -0.39 is 0 Å². The predicted octanol–water partition coefficient (Wildman–Crippen LogP) is 2.99. The monoisotopic (exact) mass is 422 g/mol. The number of anilines is 1. The third-order valence-electron chi connectivity index (χ3n) is 6.12. The number of carbonyl (C=O) groups is 2. The van der Waals surface area contributed by atoms with E-state index in [1.54, 1.807) is 10.9 Å². The van der Waals surface area contributed by atoms with Crippen LogP contribution in [0.1, 0.15) is 38.4 Å². The molecule has 3 aromatic rings. The number of hydrogen-bond acceptors (Lipinski definition) is 4. The molecule has 0 saturated carbocycles. The Morgan fingerprint density at radius 3 is 2.68 bits per heavy atom. The number of carbonyl (C=O) groups excluding carboxylic acids is 2.